The van der Waals surface area contributed by atoms with Gasteiger partial charge in [0.05, 0.1) is 0 Å². The lowest BCUT2D eigenvalue weighted by atomic mass is 9.81. The van der Waals surface area contributed by atoms with E-state index in [9.17, 15) is 0 Å². The number of nitrogens with one attached hydrogen (secondary N) is 1. The normalized spacial score (nSPS) is 16.1. The van der Waals surface area contributed by atoms with Gasteiger partial charge in [-0.2, -0.15) is 0 Å². The SMILES string of the molecule is CC(C)[C@@H](C)NC(C)(C)CC(C)(C)C. The van der Waals surface area contributed by atoms with Crippen molar-refractivity contribution in [1.82, 2.24) is 5.32 Å². The first kappa shape index (κ1) is 14.0. The Morgan fingerprint density at radius 2 is 1.36 bits per heavy atom. The molecule has 14 heavy (non-hydrogen) atoms. The molecule has 0 rings (SSSR count). The van der Waals surface area contributed by atoms with Gasteiger partial charge in [0.1, 0.15) is 0 Å². The van der Waals surface area contributed by atoms with Crippen LogP contribution in [0.15, 0.2) is 0 Å². The maximum Gasteiger partial charge on any atom is 0.0132 e. The molecule has 0 radical (unpaired) electrons. The lowest BCUT2D eigenvalue weighted by Gasteiger charge is -2.37. The number of hydrogen-bond donors (Lipinski definition) is 1. The van der Waals surface area contributed by atoms with Gasteiger partial charge < -0.3 is 5.32 Å². The van der Waals surface area contributed by atoms with Crippen molar-refractivity contribution in [2.75, 3.05) is 0 Å². The summed E-state index contributed by atoms with van der Waals surface area (Å²) in [6, 6.07) is 0.590. The highest BCUT2D eigenvalue weighted by Gasteiger charge is 2.26. The molecule has 0 amide bonds. The average Bonchev–Trinajstić information content (AvgIpc) is 1.78. The summed E-state index contributed by atoms with van der Waals surface area (Å²) in [5.74, 6) is 0.703. The summed E-state index contributed by atoms with van der Waals surface area (Å²) in [7, 11) is 0. The van der Waals surface area contributed by atoms with E-state index in [1.165, 1.54) is 6.42 Å². The summed E-state index contributed by atoms with van der Waals surface area (Å²) in [4.78, 5) is 0. The first-order valence-corrected chi connectivity index (χ1v) is 5.81. The van der Waals surface area contributed by atoms with Crippen molar-refractivity contribution in [3.8, 4) is 0 Å². The maximum atomic E-state index is 3.71. The summed E-state index contributed by atoms with van der Waals surface area (Å²) in [6.07, 6.45) is 1.21. The van der Waals surface area contributed by atoms with E-state index >= 15 is 0 Å². The highest BCUT2D eigenvalue weighted by Crippen LogP contribution is 2.27. The molecular formula is C13H29N. The van der Waals surface area contributed by atoms with Gasteiger partial charge in [-0.25, -0.2) is 0 Å². The Morgan fingerprint density at radius 3 is 1.64 bits per heavy atom. The lowest BCUT2D eigenvalue weighted by Crippen LogP contribution is -2.48. The maximum absolute atomic E-state index is 3.71. The van der Waals surface area contributed by atoms with Crippen molar-refractivity contribution in [3.05, 3.63) is 0 Å². The van der Waals surface area contributed by atoms with E-state index in [1.807, 2.05) is 0 Å². The number of hydrogen-bond acceptors (Lipinski definition) is 1. The summed E-state index contributed by atoms with van der Waals surface area (Å²) in [5.41, 5.74) is 0.634. The molecule has 0 bridgehead atoms. The van der Waals surface area contributed by atoms with Gasteiger partial charge in [-0.05, 0) is 38.5 Å². The minimum Gasteiger partial charge on any atom is -0.309 e. The predicted octanol–water partition coefficient (Wildman–Crippen LogP) is 3.84. The third-order valence-corrected chi connectivity index (χ3v) is 2.59. The second-order valence-corrected chi connectivity index (χ2v) is 6.80. The minimum atomic E-state index is 0.238. The van der Waals surface area contributed by atoms with E-state index in [0.29, 0.717) is 17.4 Å². The number of rotatable bonds is 4. The Kier molecular flexibility index (Phi) is 4.64. The van der Waals surface area contributed by atoms with Crippen molar-refractivity contribution < 1.29 is 0 Å². The second-order valence-electron chi connectivity index (χ2n) is 6.80. The molecule has 0 unspecified atom stereocenters. The zero-order valence-corrected chi connectivity index (χ0v) is 11.4. The molecule has 0 aromatic heterocycles. The Balaban J connectivity index is 4.20. The molecule has 0 aliphatic rings. The largest absolute Gasteiger partial charge is 0.309 e. The van der Waals surface area contributed by atoms with Gasteiger partial charge in [0.2, 0.25) is 0 Å². The van der Waals surface area contributed by atoms with Crippen LogP contribution in [-0.4, -0.2) is 11.6 Å². The van der Waals surface area contributed by atoms with Crippen molar-refractivity contribution in [1.29, 1.82) is 0 Å². The first-order valence-electron chi connectivity index (χ1n) is 5.81. The van der Waals surface area contributed by atoms with Gasteiger partial charge in [0.15, 0.2) is 0 Å². The van der Waals surface area contributed by atoms with Crippen LogP contribution in [0.2, 0.25) is 0 Å². The monoisotopic (exact) mass is 199 g/mol. The van der Waals surface area contributed by atoms with Gasteiger partial charge >= 0.3 is 0 Å². The Labute approximate surface area is 90.7 Å². The van der Waals surface area contributed by atoms with Crippen LogP contribution in [0, 0.1) is 11.3 Å². The van der Waals surface area contributed by atoms with Crippen molar-refractivity contribution in [2.24, 2.45) is 11.3 Å². The topological polar surface area (TPSA) is 12.0 Å². The summed E-state index contributed by atoms with van der Waals surface area (Å²) < 4.78 is 0. The molecule has 0 saturated carbocycles. The average molecular weight is 199 g/mol. The third kappa shape index (κ3) is 6.42. The van der Waals surface area contributed by atoms with Gasteiger partial charge in [-0.3, -0.25) is 0 Å². The molecule has 0 saturated heterocycles. The van der Waals surface area contributed by atoms with Gasteiger partial charge in [0.25, 0.3) is 0 Å². The van der Waals surface area contributed by atoms with Crippen LogP contribution in [0.4, 0.5) is 0 Å². The summed E-state index contributed by atoms with van der Waals surface area (Å²) in [6.45, 7) is 18.3. The van der Waals surface area contributed by atoms with Crippen LogP contribution in [0.1, 0.15) is 61.8 Å². The van der Waals surface area contributed by atoms with Crippen LogP contribution in [0.5, 0.6) is 0 Å². The van der Waals surface area contributed by atoms with Gasteiger partial charge in [-0.1, -0.05) is 34.6 Å². The van der Waals surface area contributed by atoms with Crippen molar-refractivity contribution >= 4 is 0 Å². The predicted molar refractivity (Wildman–Crippen MR) is 65.6 cm³/mol. The lowest BCUT2D eigenvalue weighted by molar-refractivity contribution is 0.211. The molecule has 0 fully saturated rings. The molecule has 0 heterocycles. The fourth-order valence-electron chi connectivity index (χ4n) is 2.16. The van der Waals surface area contributed by atoms with E-state index < -0.39 is 0 Å². The van der Waals surface area contributed by atoms with Crippen LogP contribution < -0.4 is 5.32 Å². The smallest absolute Gasteiger partial charge is 0.0132 e. The van der Waals surface area contributed by atoms with E-state index in [1.54, 1.807) is 0 Å². The highest BCUT2D eigenvalue weighted by atomic mass is 15.0. The zero-order chi connectivity index (χ0) is 11.6. The molecule has 0 aliphatic heterocycles. The Hall–Kier alpha value is -0.0400. The van der Waals surface area contributed by atoms with Crippen LogP contribution in [0.3, 0.4) is 0 Å². The molecule has 1 nitrogen and oxygen atoms in total. The molecule has 0 aliphatic carbocycles. The molecule has 0 aromatic carbocycles. The highest BCUT2D eigenvalue weighted by molar-refractivity contribution is 4.86. The first-order chi connectivity index (χ1) is 6.03. The third-order valence-electron chi connectivity index (χ3n) is 2.59. The summed E-state index contributed by atoms with van der Waals surface area (Å²) in [5, 5.41) is 3.71. The summed E-state index contributed by atoms with van der Waals surface area (Å²) >= 11 is 0. The van der Waals surface area contributed by atoms with Crippen molar-refractivity contribution in [3.63, 3.8) is 0 Å². The molecular weight excluding hydrogens is 170 g/mol. The van der Waals surface area contributed by atoms with E-state index in [0.717, 1.165) is 0 Å². The van der Waals surface area contributed by atoms with Crippen molar-refractivity contribution in [2.45, 2.75) is 73.4 Å². The molecule has 1 heteroatoms. The standard InChI is InChI=1S/C13H29N/c1-10(2)11(3)14-13(7,8)9-12(4,5)6/h10-11,14H,9H2,1-8H3/t11-/m1/s1. The Bertz CT molecular complexity index is 163. The molecule has 1 N–H and O–H groups in total. The van der Waals surface area contributed by atoms with E-state index in [4.69, 9.17) is 0 Å². The van der Waals surface area contributed by atoms with Crippen LogP contribution in [-0.2, 0) is 0 Å². The fraction of sp³-hybridized carbons (Fsp3) is 1.00. The Morgan fingerprint density at radius 1 is 0.929 bits per heavy atom. The van der Waals surface area contributed by atoms with Crippen LogP contribution in [0.25, 0.3) is 0 Å². The second kappa shape index (κ2) is 4.65. The molecule has 86 valence electrons. The van der Waals surface area contributed by atoms with E-state index in [2.05, 4.69) is 60.7 Å². The molecule has 0 spiro atoms. The van der Waals surface area contributed by atoms with E-state index in [-0.39, 0.29) is 5.54 Å². The quantitative estimate of drug-likeness (QED) is 0.725. The zero-order valence-electron chi connectivity index (χ0n) is 11.4. The molecule has 0 aromatic rings. The van der Waals surface area contributed by atoms with Gasteiger partial charge in [0, 0.05) is 11.6 Å². The van der Waals surface area contributed by atoms with Crippen LogP contribution >= 0.6 is 0 Å². The minimum absolute atomic E-state index is 0.238. The van der Waals surface area contributed by atoms with Gasteiger partial charge in [-0.15, -0.1) is 0 Å². The fourth-order valence-corrected chi connectivity index (χ4v) is 2.16. The molecule has 1 atom stereocenters.